The molecule has 0 fully saturated rings. The van der Waals surface area contributed by atoms with Gasteiger partial charge in [-0.2, -0.15) is 18.4 Å². The molecule has 2 atom stereocenters. The minimum atomic E-state index is -4.36. The van der Waals surface area contributed by atoms with Gasteiger partial charge < -0.3 is 5.32 Å². The lowest BCUT2D eigenvalue weighted by Gasteiger charge is -2.31. The predicted molar refractivity (Wildman–Crippen MR) is 89.4 cm³/mol. The van der Waals surface area contributed by atoms with Crippen molar-refractivity contribution in [3.05, 3.63) is 35.4 Å². The van der Waals surface area contributed by atoms with Crippen LogP contribution in [0.1, 0.15) is 38.8 Å². The molecule has 0 unspecified atom stereocenters. The predicted octanol–water partition coefficient (Wildman–Crippen LogP) is 3.58. The molecule has 1 rings (SSSR count). The molecular weight excluding hydrogens is 331 g/mol. The monoisotopic (exact) mass is 355 g/mol. The van der Waals surface area contributed by atoms with Crippen LogP contribution in [-0.4, -0.2) is 29.4 Å². The van der Waals surface area contributed by atoms with Gasteiger partial charge in [0.05, 0.1) is 17.7 Å². The average Bonchev–Trinajstić information content (AvgIpc) is 2.53. The first kappa shape index (κ1) is 21.0. The third kappa shape index (κ3) is 5.46. The molecule has 0 radical (unpaired) electrons. The number of hydrogen-bond donors (Lipinski definition) is 1. The number of rotatable bonds is 6. The number of nitrogens with zero attached hydrogens (tertiary/aromatic N) is 2. The van der Waals surface area contributed by atoms with E-state index in [1.54, 1.807) is 25.8 Å². The minimum absolute atomic E-state index is 0.0612. The summed E-state index contributed by atoms with van der Waals surface area (Å²) in [4.78, 5) is 14.1. The standard InChI is InChI=1S/C18H24F3N3O/c1-12(2)17(4,11-22)23-16(25)13(3)24(5)10-14-6-8-15(9-7-14)18(19,20)21/h6-9,12-13H,10H2,1-5H3,(H,23,25)/t13-,17-/m0/s1. The number of carbonyl (C=O) groups excluding carboxylic acids is 1. The first-order chi connectivity index (χ1) is 11.4. The van der Waals surface area contributed by atoms with E-state index in [1.165, 1.54) is 12.1 Å². The van der Waals surface area contributed by atoms with Gasteiger partial charge in [0, 0.05) is 6.54 Å². The van der Waals surface area contributed by atoms with E-state index in [4.69, 9.17) is 0 Å². The van der Waals surface area contributed by atoms with E-state index in [1.807, 2.05) is 13.8 Å². The molecule has 4 nitrogen and oxygen atoms in total. The number of nitrogens with one attached hydrogen (secondary N) is 1. The highest BCUT2D eigenvalue weighted by molar-refractivity contribution is 5.82. The highest BCUT2D eigenvalue weighted by Crippen LogP contribution is 2.29. The number of likely N-dealkylation sites (N-methyl/N-ethyl adjacent to an activating group) is 1. The molecular formula is C18H24F3N3O. The fraction of sp³-hybridized carbons (Fsp3) is 0.556. The van der Waals surface area contributed by atoms with Crippen LogP contribution in [0.25, 0.3) is 0 Å². The van der Waals surface area contributed by atoms with Gasteiger partial charge in [0.1, 0.15) is 5.54 Å². The Bertz CT molecular complexity index is 634. The number of alkyl halides is 3. The van der Waals surface area contributed by atoms with E-state index in [-0.39, 0.29) is 11.8 Å². The van der Waals surface area contributed by atoms with Crippen LogP contribution in [-0.2, 0) is 17.5 Å². The molecule has 1 aromatic carbocycles. The summed E-state index contributed by atoms with van der Waals surface area (Å²) >= 11 is 0. The second-order valence-corrected chi connectivity index (χ2v) is 6.74. The minimum Gasteiger partial charge on any atom is -0.336 e. The van der Waals surface area contributed by atoms with Crippen molar-refractivity contribution in [1.29, 1.82) is 5.26 Å². The van der Waals surface area contributed by atoms with E-state index in [0.717, 1.165) is 12.1 Å². The van der Waals surface area contributed by atoms with E-state index >= 15 is 0 Å². The van der Waals surface area contributed by atoms with E-state index in [2.05, 4.69) is 11.4 Å². The topological polar surface area (TPSA) is 56.1 Å². The molecule has 0 aliphatic heterocycles. The summed E-state index contributed by atoms with van der Waals surface area (Å²) in [6.07, 6.45) is -4.36. The van der Waals surface area contributed by atoms with Crippen molar-refractivity contribution >= 4 is 5.91 Å². The van der Waals surface area contributed by atoms with Crippen molar-refractivity contribution in [2.45, 2.75) is 52.0 Å². The molecule has 7 heteroatoms. The molecule has 138 valence electrons. The van der Waals surface area contributed by atoms with Gasteiger partial charge in [0.2, 0.25) is 5.91 Å². The summed E-state index contributed by atoms with van der Waals surface area (Å²) < 4.78 is 37.7. The Morgan fingerprint density at radius 3 is 2.16 bits per heavy atom. The molecule has 1 amide bonds. The number of carbonyl (C=O) groups is 1. The first-order valence-electron chi connectivity index (χ1n) is 8.00. The lowest BCUT2D eigenvalue weighted by Crippen LogP contribution is -2.54. The van der Waals surface area contributed by atoms with Gasteiger partial charge in [-0.05, 0) is 44.5 Å². The SMILES string of the molecule is CC(C)[C@](C)(C#N)NC(=O)[C@H](C)N(C)Cc1ccc(C(F)(F)F)cc1. The normalized spacial score (nSPS) is 15.6. The van der Waals surface area contributed by atoms with Gasteiger partial charge >= 0.3 is 6.18 Å². The average molecular weight is 355 g/mol. The molecule has 25 heavy (non-hydrogen) atoms. The highest BCUT2D eigenvalue weighted by Gasteiger charge is 2.33. The number of benzene rings is 1. The Hall–Kier alpha value is -2.07. The smallest absolute Gasteiger partial charge is 0.336 e. The Labute approximate surface area is 146 Å². The van der Waals surface area contributed by atoms with Crippen LogP contribution < -0.4 is 5.32 Å². The number of hydrogen-bond acceptors (Lipinski definition) is 3. The number of halogens is 3. The van der Waals surface area contributed by atoms with Crippen molar-refractivity contribution < 1.29 is 18.0 Å². The molecule has 1 N–H and O–H groups in total. The van der Waals surface area contributed by atoms with Crippen LogP contribution >= 0.6 is 0 Å². The Morgan fingerprint density at radius 1 is 1.24 bits per heavy atom. The maximum atomic E-state index is 12.6. The third-order valence-corrected chi connectivity index (χ3v) is 4.52. The lowest BCUT2D eigenvalue weighted by molar-refractivity contribution is -0.137. The fourth-order valence-electron chi connectivity index (χ4n) is 2.09. The van der Waals surface area contributed by atoms with Crippen LogP contribution in [0, 0.1) is 17.2 Å². The largest absolute Gasteiger partial charge is 0.416 e. The van der Waals surface area contributed by atoms with Crippen molar-refractivity contribution in [3.63, 3.8) is 0 Å². The van der Waals surface area contributed by atoms with Crippen LogP contribution in [0.5, 0.6) is 0 Å². The quantitative estimate of drug-likeness (QED) is 0.849. The number of amides is 1. The number of nitriles is 1. The van der Waals surface area contributed by atoms with Crippen LogP contribution in [0.3, 0.4) is 0 Å². The van der Waals surface area contributed by atoms with Crippen molar-refractivity contribution in [1.82, 2.24) is 10.2 Å². The van der Waals surface area contributed by atoms with Crippen LogP contribution in [0.4, 0.5) is 13.2 Å². The summed E-state index contributed by atoms with van der Waals surface area (Å²) in [6, 6.07) is 6.44. The molecule has 0 aromatic heterocycles. The van der Waals surface area contributed by atoms with E-state index in [0.29, 0.717) is 12.1 Å². The molecule has 0 saturated carbocycles. The van der Waals surface area contributed by atoms with Crippen molar-refractivity contribution in [2.24, 2.45) is 5.92 Å². The van der Waals surface area contributed by atoms with Gasteiger partial charge in [0.15, 0.2) is 0 Å². The van der Waals surface area contributed by atoms with Gasteiger partial charge in [-0.25, -0.2) is 0 Å². The molecule has 0 aliphatic carbocycles. The second kappa shape index (κ2) is 7.87. The Balaban J connectivity index is 2.75. The fourth-order valence-corrected chi connectivity index (χ4v) is 2.09. The summed E-state index contributed by atoms with van der Waals surface area (Å²) in [5.41, 5.74) is -1.01. The zero-order chi connectivity index (χ0) is 19.4. The van der Waals surface area contributed by atoms with Crippen LogP contribution in [0.15, 0.2) is 24.3 Å². The molecule has 0 spiro atoms. The summed E-state index contributed by atoms with van der Waals surface area (Å²) in [7, 11) is 1.71. The highest BCUT2D eigenvalue weighted by atomic mass is 19.4. The van der Waals surface area contributed by atoms with E-state index < -0.39 is 23.3 Å². The van der Waals surface area contributed by atoms with Gasteiger partial charge in [-0.15, -0.1) is 0 Å². The van der Waals surface area contributed by atoms with Crippen molar-refractivity contribution in [3.8, 4) is 6.07 Å². The summed E-state index contributed by atoms with van der Waals surface area (Å²) in [6.45, 7) is 7.37. The zero-order valence-corrected chi connectivity index (χ0v) is 15.1. The molecule has 1 aromatic rings. The second-order valence-electron chi connectivity index (χ2n) is 6.74. The molecule has 0 bridgehead atoms. The lowest BCUT2D eigenvalue weighted by atomic mass is 9.90. The third-order valence-electron chi connectivity index (χ3n) is 4.52. The summed E-state index contributed by atoms with van der Waals surface area (Å²) in [5, 5.41) is 12.0. The van der Waals surface area contributed by atoms with Gasteiger partial charge in [-0.3, -0.25) is 9.69 Å². The maximum absolute atomic E-state index is 12.6. The first-order valence-corrected chi connectivity index (χ1v) is 8.00. The van der Waals surface area contributed by atoms with E-state index in [9.17, 15) is 23.2 Å². The maximum Gasteiger partial charge on any atom is 0.416 e. The molecule has 0 heterocycles. The van der Waals surface area contributed by atoms with Crippen LogP contribution in [0.2, 0.25) is 0 Å². The van der Waals surface area contributed by atoms with Gasteiger partial charge in [-0.1, -0.05) is 26.0 Å². The van der Waals surface area contributed by atoms with Crippen molar-refractivity contribution in [2.75, 3.05) is 7.05 Å². The summed E-state index contributed by atoms with van der Waals surface area (Å²) in [5.74, 6) is -0.360. The molecule has 0 saturated heterocycles. The zero-order valence-electron chi connectivity index (χ0n) is 15.1. The molecule has 0 aliphatic rings. The van der Waals surface area contributed by atoms with Gasteiger partial charge in [0.25, 0.3) is 0 Å². The Kier molecular flexibility index (Phi) is 6.61. The Morgan fingerprint density at radius 2 is 1.76 bits per heavy atom.